The Morgan fingerprint density at radius 3 is 3.00 bits per heavy atom. The van der Waals surface area contributed by atoms with E-state index in [4.69, 9.17) is 9.47 Å². The van der Waals surface area contributed by atoms with Gasteiger partial charge in [-0.2, -0.15) is 0 Å². The molecule has 2 aliphatic rings. The van der Waals surface area contributed by atoms with Crippen molar-refractivity contribution in [3.63, 3.8) is 0 Å². The maximum absolute atomic E-state index is 5.77. The van der Waals surface area contributed by atoms with Gasteiger partial charge in [-0.3, -0.25) is 0 Å². The van der Waals surface area contributed by atoms with E-state index in [0.717, 1.165) is 25.4 Å². The summed E-state index contributed by atoms with van der Waals surface area (Å²) in [5.74, 6) is 1.62. The first-order valence-corrected chi connectivity index (χ1v) is 5.76. The Bertz CT molecular complexity index is 342. The highest BCUT2D eigenvalue weighted by Gasteiger charge is 2.30. The van der Waals surface area contributed by atoms with E-state index in [1.807, 2.05) is 6.07 Å². The largest absolute Gasteiger partial charge is 0.493 e. The van der Waals surface area contributed by atoms with E-state index in [1.54, 1.807) is 0 Å². The molecule has 15 heavy (non-hydrogen) atoms. The van der Waals surface area contributed by atoms with Crippen molar-refractivity contribution in [2.45, 2.75) is 25.4 Å². The van der Waals surface area contributed by atoms with E-state index in [1.165, 1.54) is 18.4 Å². The van der Waals surface area contributed by atoms with Crippen LogP contribution in [0.15, 0.2) is 24.3 Å². The minimum Gasteiger partial charge on any atom is -0.493 e. The van der Waals surface area contributed by atoms with Gasteiger partial charge in [0.05, 0.1) is 12.7 Å². The van der Waals surface area contributed by atoms with E-state index in [2.05, 4.69) is 18.2 Å². The van der Waals surface area contributed by atoms with Crippen LogP contribution >= 0.6 is 0 Å². The number of hydrogen-bond acceptors (Lipinski definition) is 2. The molecular formula is C13H16O2. The molecule has 2 unspecified atom stereocenters. The molecule has 0 spiro atoms. The molecular weight excluding hydrogens is 188 g/mol. The summed E-state index contributed by atoms with van der Waals surface area (Å²) in [7, 11) is 0. The van der Waals surface area contributed by atoms with E-state index in [-0.39, 0.29) is 0 Å². The van der Waals surface area contributed by atoms with Gasteiger partial charge >= 0.3 is 0 Å². The van der Waals surface area contributed by atoms with Crippen molar-refractivity contribution < 1.29 is 9.47 Å². The van der Waals surface area contributed by atoms with E-state index in [9.17, 15) is 0 Å². The van der Waals surface area contributed by atoms with Crippen molar-refractivity contribution in [1.82, 2.24) is 0 Å². The number of hydrogen-bond donors (Lipinski definition) is 0. The fourth-order valence-electron chi connectivity index (χ4n) is 2.56. The van der Waals surface area contributed by atoms with Crippen LogP contribution in [0.3, 0.4) is 0 Å². The fraction of sp³-hybridized carbons (Fsp3) is 0.538. The van der Waals surface area contributed by atoms with Gasteiger partial charge in [0.25, 0.3) is 0 Å². The number of fused-ring (bicyclic) bond motifs is 1. The molecule has 0 N–H and O–H groups in total. The topological polar surface area (TPSA) is 18.5 Å². The molecule has 0 radical (unpaired) electrons. The summed E-state index contributed by atoms with van der Waals surface area (Å²) in [5, 5.41) is 0. The zero-order valence-electron chi connectivity index (χ0n) is 8.82. The molecule has 2 atom stereocenters. The lowest BCUT2D eigenvalue weighted by molar-refractivity contribution is 0.0352. The van der Waals surface area contributed by atoms with Crippen LogP contribution in [0.25, 0.3) is 0 Å². The maximum Gasteiger partial charge on any atom is 0.122 e. The minimum atomic E-state index is 0.429. The summed E-state index contributed by atoms with van der Waals surface area (Å²) in [6.45, 7) is 1.75. The molecule has 0 aliphatic carbocycles. The summed E-state index contributed by atoms with van der Waals surface area (Å²) in [4.78, 5) is 0. The van der Waals surface area contributed by atoms with Gasteiger partial charge in [-0.15, -0.1) is 0 Å². The van der Waals surface area contributed by atoms with Gasteiger partial charge < -0.3 is 9.47 Å². The van der Waals surface area contributed by atoms with E-state index >= 15 is 0 Å². The van der Waals surface area contributed by atoms with Crippen LogP contribution < -0.4 is 4.74 Å². The van der Waals surface area contributed by atoms with Crippen molar-refractivity contribution >= 4 is 0 Å². The predicted octanol–water partition coefficient (Wildman–Crippen LogP) is 2.42. The summed E-state index contributed by atoms with van der Waals surface area (Å²) in [6, 6.07) is 8.34. The first kappa shape index (κ1) is 9.22. The zero-order valence-corrected chi connectivity index (χ0v) is 8.82. The zero-order chi connectivity index (χ0) is 10.1. The van der Waals surface area contributed by atoms with Gasteiger partial charge in [0, 0.05) is 12.5 Å². The normalized spacial score (nSPS) is 29.6. The smallest absolute Gasteiger partial charge is 0.122 e. The number of para-hydroxylation sites is 1. The molecule has 2 heteroatoms. The van der Waals surface area contributed by atoms with E-state index in [0.29, 0.717) is 12.0 Å². The minimum absolute atomic E-state index is 0.429. The second-order valence-corrected chi connectivity index (χ2v) is 4.43. The molecule has 1 fully saturated rings. The molecule has 3 rings (SSSR count). The summed E-state index contributed by atoms with van der Waals surface area (Å²) in [5.41, 5.74) is 1.34. The van der Waals surface area contributed by atoms with Crippen LogP contribution in [0.1, 0.15) is 18.4 Å². The van der Waals surface area contributed by atoms with Crippen molar-refractivity contribution in [3.05, 3.63) is 29.8 Å². The molecule has 80 valence electrons. The van der Waals surface area contributed by atoms with Gasteiger partial charge in [0.15, 0.2) is 0 Å². The highest BCUT2D eigenvalue weighted by Crippen LogP contribution is 2.31. The van der Waals surface area contributed by atoms with Crippen molar-refractivity contribution in [3.8, 4) is 5.75 Å². The Morgan fingerprint density at radius 1 is 1.20 bits per heavy atom. The molecule has 2 aliphatic heterocycles. The van der Waals surface area contributed by atoms with Crippen LogP contribution in [-0.4, -0.2) is 19.3 Å². The third-order valence-corrected chi connectivity index (χ3v) is 3.40. The number of benzene rings is 1. The molecule has 0 bridgehead atoms. The predicted molar refractivity (Wildman–Crippen MR) is 58.1 cm³/mol. The van der Waals surface area contributed by atoms with Gasteiger partial charge in [0.2, 0.25) is 0 Å². The third kappa shape index (κ3) is 1.74. The maximum atomic E-state index is 5.77. The summed E-state index contributed by atoms with van der Waals surface area (Å²) >= 11 is 0. The molecule has 0 saturated carbocycles. The summed E-state index contributed by atoms with van der Waals surface area (Å²) in [6.07, 6.45) is 3.96. The van der Waals surface area contributed by atoms with Crippen LogP contribution in [0.5, 0.6) is 5.75 Å². The quantitative estimate of drug-likeness (QED) is 0.699. The van der Waals surface area contributed by atoms with Crippen molar-refractivity contribution in [2.75, 3.05) is 13.2 Å². The van der Waals surface area contributed by atoms with Crippen molar-refractivity contribution in [1.29, 1.82) is 0 Å². The van der Waals surface area contributed by atoms with Crippen LogP contribution in [0, 0.1) is 5.92 Å². The van der Waals surface area contributed by atoms with Gasteiger partial charge in [0.1, 0.15) is 5.75 Å². The Kier molecular flexibility index (Phi) is 2.37. The lowest BCUT2D eigenvalue weighted by Crippen LogP contribution is -2.31. The number of ether oxygens (including phenoxy) is 2. The average molecular weight is 204 g/mol. The van der Waals surface area contributed by atoms with Gasteiger partial charge in [-0.25, -0.2) is 0 Å². The van der Waals surface area contributed by atoms with Gasteiger partial charge in [-0.1, -0.05) is 18.2 Å². The monoisotopic (exact) mass is 204 g/mol. The second kappa shape index (κ2) is 3.86. The van der Waals surface area contributed by atoms with Crippen LogP contribution in [-0.2, 0) is 11.2 Å². The first-order chi connectivity index (χ1) is 7.43. The molecule has 2 heterocycles. The molecule has 1 aromatic carbocycles. The number of rotatable bonds is 1. The Labute approximate surface area is 90.2 Å². The van der Waals surface area contributed by atoms with E-state index < -0.39 is 0 Å². The van der Waals surface area contributed by atoms with Gasteiger partial charge in [-0.05, 0) is 30.9 Å². The fourth-order valence-corrected chi connectivity index (χ4v) is 2.56. The third-order valence-electron chi connectivity index (χ3n) is 3.40. The summed E-state index contributed by atoms with van der Waals surface area (Å²) < 4.78 is 11.5. The molecule has 1 saturated heterocycles. The SMILES string of the molecule is c1ccc2c(c1)CC(C1CCCO1)CO2. The lowest BCUT2D eigenvalue weighted by Gasteiger charge is -2.28. The lowest BCUT2D eigenvalue weighted by atomic mass is 9.91. The molecule has 0 amide bonds. The first-order valence-electron chi connectivity index (χ1n) is 5.76. The Morgan fingerprint density at radius 2 is 2.13 bits per heavy atom. The second-order valence-electron chi connectivity index (χ2n) is 4.43. The van der Waals surface area contributed by atoms with Crippen LogP contribution in [0.2, 0.25) is 0 Å². The molecule has 1 aromatic rings. The highest BCUT2D eigenvalue weighted by atomic mass is 16.5. The Hall–Kier alpha value is -1.02. The average Bonchev–Trinajstić information content (AvgIpc) is 2.82. The van der Waals surface area contributed by atoms with Crippen molar-refractivity contribution in [2.24, 2.45) is 5.92 Å². The molecule has 0 aromatic heterocycles. The van der Waals surface area contributed by atoms with Crippen LogP contribution in [0.4, 0.5) is 0 Å². The Balaban J connectivity index is 1.76. The molecule has 2 nitrogen and oxygen atoms in total. The standard InChI is InChI=1S/C13H16O2/c1-2-5-12-10(4-1)8-11(9-15-12)13-6-3-7-14-13/h1-2,4-5,11,13H,3,6-9H2. The highest BCUT2D eigenvalue weighted by molar-refractivity contribution is 5.35.